The minimum absolute atomic E-state index is 0.367. The first-order chi connectivity index (χ1) is 29.2. The van der Waals surface area contributed by atoms with Gasteiger partial charge in [-0.25, -0.2) is 0 Å². The predicted octanol–water partition coefficient (Wildman–Crippen LogP) is -2.66. The first-order valence-electron chi connectivity index (χ1n) is 21.4. The molecule has 20 heteroatoms. The third-order valence-electron chi connectivity index (χ3n) is 12.8. The Morgan fingerprint density at radius 2 is 1.02 bits per heavy atom. The second-order valence-corrected chi connectivity index (χ2v) is 18.2. The summed E-state index contributed by atoms with van der Waals surface area (Å²) in [7, 11) is 0. The maximum atomic E-state index is 10.9. The highest BCUT2D eigenvalue weighted by molar-refractivity contribution is 5.59. The second-order valence-electron chi connectivity index (χ2n) is 18.2. The van der Waals surface area contributed by atoms with E-state index in [-0.39, 0.29) is 5.60 Å². The molecule has 1 aromatic carbocycles. The van der Waals surface area contributed by atoms with Crippen LogP contribution in [0.25, 0.3) is 0 Å². The van der Waals surface area contributed by atoms with Crippen molar-refractivity contribution in [1.29, 1.82) is 0 Å². The summed E-state index contributed by atoms with van der Waals surface area (Å²) in [4.78, 5) is 0. The first kappa shape index (κ1) is 51.1. The number of hydrogen-bond acceptors (Lipinski definition) is 20. The molecule has 4 aliphatic rings. The number of aliphatic hydroxyl groups is 12. The summed E-state index contributed by atoms with van der Waals surface area (Å²) in [6, 6.07) is 0. The Morgan fingerprint density at radius 1 is 0.597 bits per heavy atom. The zero-order valence-corrected chi connectivity index (χ0v) is 36.4. The largest absolute Gasteiger partial charge is 0.492 e. The summed E-state index contributed by atoms with van der Waals surface area (Å²) in [5.74, 6) is 1.81. The maximum Gasteiger partial charge on any atom is 0.186 e. The smallest absolute Gasteiger partial charge is 0.186 e. The monoisotopic (exact) mass is 894 g/mol. The van der Waals surface area contributed by atoms with E-state index in [4.69, 9.17) is 37.9 Å². The molecule has 0 bridgehead atoms. The number of fused-ring (bicyclic) bond motifs is 1. The highest BCUT2D eigenvalue weighted by Gasteiger charge is 2.50. The summed E-state index contributed by atoms with van der Waals surface area (Å²) in [5.41, 5.74) is 1.26. The lowest BCUT2D eigenvalue weighted by Gasteiger charge is -2.44. The van der Waals surface area contributed by atoms with Crippen molar-refractivity contribution in [3.63, 3.8) is 0 Å². The summed E-state index contributed by atoms with van der Waals surface area (Å²) in [6.07, 6.45) is -20.7. The van der Waals surface area contributed by atoms with E-state index < -0.39 is 144 Å². The van der Waals surface area contributed by atoms with E-state index in [0.29, 0.717) is 18.1 Å². The van der Waals surface area contributed by atoms with Crippen LogP contribution in [-0.4, -0.2) is 205 Å². The standard InChI is InChI=1S/C42H70O20/c1-19(2)8-7-10-41(6)11-9-23-22(5)36(20(3)21(4)37(23)62-41)55-15-42(16-56-38-33(52)30(49)27(46)24(12-43)59-38,17-57-39-34(53)31(50)28(47)25(13-44)60-39)18-58-40-35(54)32(51)29(48)26(14-45)61-40/h19,24-35,38-40,43-54H,7-18H2,1-6H3/t24?,25?,26?,27-,28-,29-,30+,31+,32+,33?,34?,35?,38-,39-,40-,41?,42?/m1/s1. The Hall–Kier alpha value is -1.90. The second kappa shape index (κ2) is 21.6. The van der Waals surface area contributed by atoms with Gasteiger partial charge in [-0.2, -0.15) is 0 Å². The fourth-order valence-corrected chi connectivity index (χ4v) is 8.43. The number of ether oxygens (including phenoxy) is 8. The first-order valence-corrected chi connectivity index (χ1v) is 21.4. The average Bonchev–Trinajstić information content (AvgIpc) is 3.24. The molecule has 7 unspecified atom stereocenters. The Balaban J connectivity index is 1.51. The molecule has 0 aliphatic carbocycles. The van der Waals surface area contributed by atoms with E-state index in [1.807, 2.05) is 20.8 Å². The predicted molar refractivity (Wildman–Crippen MR) is 214 cm³/mol. The normalized spacial score (nSPS) is 38.7. The molecule has 0 saturated carbocycles. The van der Waals surface area contributed by atoms with Crippen LogP contribution in [0.4, 0.5) is 0 Å². The van der Waals surface area contributed by atoms with Crippen LogP contribution >= 0.6 is 0 Å². The molecule has 0 radical (unpaired) electrons. The van der Waals surface area contributed by atoms with Crippen molar-refractivity contribution in [1.82, 2.24) is 0 Å². The van der Waals surface area contributed by atoms with E-state index in [1.165, 1.54) is 0 Å². The number of aliphatic hydroxyl groups excluding tert-OH is 12. The molecule has 62 heavy (non-hydrogen) atoms. The third kappa shape index (κ3) is 11.2. The van der Waals surface area contributed by atoms with Crippen LogP contribution in [0, 0.1) is 32.1 Å². The Kier molecular flexibility index (Phi) is 17.8. The fraction of sp³-hybridized carbons (Fsp3) is 0.857. The fourth-order valence-electron chi connectivity index (χ4n) is 8.43. The molecule has 20 nitrogen and oxygen atoms in total. The van der Waals surface area contributed by atoms with Gasteiger partial charge in [0.25, 0.3) is 0 Å². The minimum Gasteiger partial charge on any atom is -0.492 e. The van der Waals surface area contributed by atoms with Gasteiger partial charge < -0.3 is 99.2 Å². The molecule has 3 fully saturated rings. The minimum atomic E-state index is -1.84. The lowest BCUT2D eigenvalue weighted by Crippen LogP contribution is -2.61. The Morgan fingerprint density at radius 3 is 1.40 bits per heavy atom. The SMILES string of the molecule is Cc1c(C)c2c(c(C)c1OCC(CO[C@@H]1OC(CO)[C@@H](O)[C@H](O)C1O)(CO[C@@H]1OC(CO)[C@@H](O)[C@H](O)C1O)CO[C@@H]1OC(CO)[C@@H](O)[C@H](O)C1O)CCC(C)(CCCC(C)C)O2. The van der Waals surface area contributed by atoms with Crippen LogP contribution < -0.4 is 9.47 Å². The van der Waals surface area contributed by atoms with Crippen LogP contribution in [0.2, 0.25) is 0 Å². The van der Waals surface area contributed by atoms with Gasteiger partial charge in [0.2, 0.25) is 0 Å². The van der Waals surface area contributed by atoms with E-state index in [1.54, 1.807) is 0 Å². The van der Waals surface area contributed by atoms with Crippen molar-refractivity contribution in [2.75, 3.05) is 46.2 Å². The molecule has 5 rings (SSSR count). The van der Waals surface area contributed by atoms with Crippen LogP contribution in [0.5, 0.6) is 11.5 Å². The van der Waals surface area contributed by atoms with Gasteiger partial charge in [0, 0.05) is 5.56 Å². The molecular weight excluding hydrogens is 824 g/mol. The lowest BCUT2D eigenvalue weighted by molar-refractivity contribution is -0.331. The van der Waals surface area contributed by atoms with Gasteiger partial charge in [0.05, 0.1) is 45.1 Å². The summed E-state index contributed by atoms with van der Waals surface area (Å²) in [5, 5.41) is 125. The van der Waals surface area contributed by atoms with Gasteiger partial charge >= 0.3 is 0 Å². The van der Waals surface area contributed by atoms with Gasteiger partial charge in [0.15, 0.2) is 18.9 Å². The number of hydrogen-bond donors (Lipinski definition) is 12. The molecule has 358 valence electrons. The maximum absolute atomic E-state index is 10.9. The molecule has 0 aromatic heterocycles. The number of benzene rings is 1. The Bertz CT molecular complexity index is 1480. The van der Waals surface area contributed by atoms with Crippen LogP contribution in [0.3, 0.4) is 0 Å². The van der Waals surface area contributed by atoms with Crippen molar-refractivity contribution in [2.24, 2.45) is 11.3 Å². The molecule has 0 spiro atoms. The van der Waals surface area contributed by atoms with E-state index in [9.17, 15) is 61.3 Å². The molecule has 3 saturated heterocycles. The van der Waals surface area contributed by atoms with Crippen LogP contribution in [0.1, 0.15) is 68.7 Å². The summed E-state index contributed by atoms with van der Waals surface area (Å²) < 4.78 is 48.4. The van der Waals surface area contributed by atoms with Gasteiger partial charge in [-0.05, 0) is 76.0 Å². The molecule has 12 N–H and O–H groups in total. The van der Waals surface area contributed by atoms with Gasteiger partial charge in [-0.1, -0.05) is 20.3 Å². The molecule has 4 aliphatic heterocycles. The quantitative estimate of drug-likeness (QED) is 0.0674. The molecular formula is C42H70O20. The zero-order chi connectivity index (χ0) is 45.8. The lowest BCUT2D eigenvalue weighted by atomic mass is 9.84. The van der Waals surface area contributed by atoms with E-state index in [2.05, 4.69) is 20.8 Å². The van der Waals surface area contributed by atoms with Crippen molar-refractivity contribution in [3.05, 3.63) is 22.3 Å². The van der Waals surface area contributed by atoms with Crippen molar-refractivity contribution < 1.29 is 99.2 Å². The van der Waals surface area contributed by atoms with Crippen molar-refractivity contribution in [3.8, 4) is 11.5 Å². The Labute approximate surface area is 361 Å². The topological polar surface area (TPSA) is 317 Å². The average molecular weight is 895 g/mol. The highest BCUT2D eigenvalue weighted by atomic mass is 16.7. The van der Waals surface area contributed by atoms with Crippen LogP contribution in [0.15, 0.2) is 0 Å². The summed E-state index contributed by atoms with van der Waals surface area (Å²) >= 11 is 0. The van der Waals surface area contributed by atoms with Crippen molar-refractivity contribution >= 4 is 0 Å². The molecule has 1 aromatic rings. The van der Waals surface area contributed by atoms with Gasteiger partial charge in [-0.15, -0.1) is 0 Å². The van der Waals surface area contributed by atoms with Crippen molar-refractivity contribution in [2.45, 2.75) is 171 Å². The third-order valence-corrected chi connectivity index (χ3v) is 12.8. The summed E-state index contributed by atoms with van der Waals surface area (Å²) in [6.45, 7) is 7.81. The molecule has 4 heterocycles. The van der Waals surface area contributed by atoms with E-state index >= 15 is 0 Å². The number of rotatable bonds is 19. The zero-order valence-electron chi connectivity index (χ0n) is 36.4. The highest BCUT2D eigenvalue weighted by Crippen LogP contribution is 2.45. The van der Waals surface area contributed by atoms with Gasteiger partial charge in [-0.3, -0.25) is 0 Å². The molecule has 16 atom stereocenters. The molecule has 0 amide bonds. The van der Waals surface area contributed by atoms with Crippen LogP contribution in [-0.2, 0) is 34.8 Å². The van der Waals surface area contributed by atoms with E-state index in [0.717, 1.165) is 53.7 Å². The van der Waals surface area contributed by atoms with Gasteiger partial charge in [0.1, 0.15) is 97.0 Å².